The van der Waals surface area contributed by atoms with Crippen LogP contribution >= 0.6 is 0 Å². The van der Waals surface area contributed by atoms with Crippen molar-refractivity contribution in [3.63, 3.8) is 0 Å². The molecular formula is C26H30BrF3N2. The lowest BCUT2D eigenvalue weighted by atomic mass is 9.77. The number of alkyl halides is 3. The molecule has 172 valence electrons. The minimum atomic E-state index is -4.30. The van der Waals surface area contributed by atoms with E-state index in [1.807, 2.05) is 6.07 Å². The van der Waals surface area contributed by atoms with E-state index in [1.54, 1.807) is 12.1 Å². The highest BCUT2D eigenvalue weighted by Crippen LogP contribution is 2.37. The van der Waals surface area contributed by atoms with Gasteiger partial charge in [-0.05, 0) is 37.0 Å². The zero-order valence-electron chi connectivity index (χ0n) is 18.6. The van der Waals surface area contributed by atoms with Crippen molar-refractivity contribution < 1.29 is 34.7 Å². The summed E-state index contributed by atoms with van der Waals surface area (Å²) < 4.78 is 41.4. The van der Waals surface area contributed by atoms with Crippen molar-refractivity contribution in [2.45, 2.75) is 51.4 Å². The van der Waals surface area contributed by atoms with Gasteiger partial charge in [0.05, 0.1) is 11.5 Å². The van der Waals surface area contributed by atoms with Crippen LogP contribution in [0.3, 0.4) is 0 Å². The standard InChI is InChI=1S/C26H30F3N2.BrH/c1-25(2)23(18-20-10-12-22(13-11-20)26(27,28)29)24(30-15-6-7-16-30)14-17-31(25)19-21-8-4-3-5-9-21;/h3-5,8-14,17,23H,6-7,15-16,18-19H2,1-2H3;1H/q+1;/p-1. The summed E-state index contributed by atoms with van der Waals surface area (Å²) in [4.78, 5) is 2.47. The van der Waals surface area contributed by atoms with Crippen LogP contribution in [0, 0.1) is 5.92 Å². The Bertz CT molecular complexity index is 957. The molecule has 1 atom stereocenters. The average Bonchev–Trinajstić information content (AvgIpc) is 3.26. The van der Waals surface area contributed by atoms with Crippen LogP contribution in [0.5, 0.6) is 0 Å². The van der Waals surface area contributed by atoms with Gasteiger partial charge in [0.2, 0.25) is 0 Å². The predicted octanol–water partition coefficient (Wildman–Crippen LogP) is 2.92. The number of rotatable bonds is 5. The maximum absolute atomic E-state index is 13.0. The molecule has 0 aliphatic carbocycles. The van der Waals surface area contributed by atoms with Gasteiger partial charge in [-0.3, -0.25) is 0 Å². The molecule has 0 bridgehead atoms. The maximum atomic E-state index is 13.0. The van der Waals surface area contributed by atoms with Gasteiger partial charge in [0.25, 0.3) is 0 Å². The molecule has 0 spiro atoms. The smallest absolute Gasteiger partial charge is 0.416 e. The fourth-order valence-electron chi connectivity index (χ4n) is 4.79. The second-order valence-electron chi connectivity index (χ2n) is 9.15. The molecule has 32 heavy (non-hydrogen) atoms. The van der Waals surface area contributed by atoms with Gasteiger partial charge in [0, 0.05) is 44.3 Å². The Balaban J connectivity index is 0.00000289. The second kappa shape index (κ2) is 9.82. The molecule has 2 nitrogen and oxygen atoms in total. The average molecular weight is 507 g/mol. The first-order valence-electron chi connectivity index (χ1n) is 11.0. The van der Waals surface area contributed by atoms with E-state index in [2.05, 4.69) is 59.9 Å². The van der Waals surface area contributed by atoms with Crippen LogP contribution in [0.25, 0.3) is 0 Å². The van der Waals surface area contributed by atoms with Gasteiger partial charge in [-0.25, -0.2) is 4.58 Å². The lowest BCUT2D eigenvalue weighted by Crippen LogP contribution is -3.00. The van der Waals surface area contributed by atoms with Gasteiger partial charge in [-0.15, -0.1) is 0 Å². The van der Waals surface area contributed by atoms with Crippen molar-refractivity contribution in [2.75, 3.05) is 13.1 Å². The van der Waals surface area contributed by atoms with Crippen molar-refractivity contribution in [1.82, 2.24) is 4.90 Å². The number of nitrogens with zero attached hydrogens (tertiary/aromatic N) is 2. The zero-order valence-corrected chi connectivity index (χ0v) is 20.2. The Kier molecular flexibility index (Phi) is 7.53. The largest absolute Gasteiger partial charge is 1.00 e. The third-order valence-electron chi connectivity index (χ3n) is 6.76. The molecule has 6 heteroatoms. The highest BCUT2D eigenvalue weighted by Gasteiger charge is 2.45. The lowest BCUT2D eigenvalue weighted by molar-refractivity contribution is -0.621. The number of likely N-dealkylation sites (tertiary alicyclic amines) is 1. The summed E-state index contributed by atoms with van der Waals surface area (Å²) in [5.41, 5.74) is 2.74. The summed E-state index contributed by atoms with van der Waals surface area (Å²) in [7, 11) is 0. The van der Waals surface area contributed by atoms with E-state index < -0.39 is 11.7 Å². The molecule has 1 unspecified atom stereocenters. The fourth-order valence-corrected chi connectivity index (χ4v) is 4.79. The topological polar surface area (TPSA) is 6.25 Å². The van der Waals surface area contributed by atoms with Crippen LogP contribution in [0.2, 0.25) is 0 Å². The van der Waals surface area contributed by atoms with Crippen LogP contribution in [-0.4, -0.2) is 34.3 Å². The summed E-state index contributed by atoms with van der Waals surface area (Å²) in [6.07, 6.45) is 3.23. The maximum Gasteiger partial charge on any atom is 0.416 e. The summed E-state index contributed by atoms with van der Waals surface area (Å²) >= 11 is 0. The highest BCUT2D eigenvalue weighted by atomic mass is 79.9. The van der Waals surface area contributed by atoms with Crippen molar-refractivity contribution in [1.29, 1.82) is 0 Å². The van der Waals surface area contributed by atoms with Crippen molar-refractivity contribution in [3.8, 4) is 0 Å². The summed E-state index contributed by atoms with van der Waals surface area (Å²) in [5.74, 6) is 0.191. The van der Waals surface area contributed by atoms with E-state index in [0.29, 0.717) is 6.42 Å². The lowest BCUT2D eigenvalue weighted by Gasteiger charge is -2.39. The molecule has 0 saturated carbocycles. The minimum Gasteiger partial charge on any atom is -1.00 e. The van der Waals surface area contributed by atoms with Crippen LogP contribution < -0.4 is 17.0 Å². The first-order valence-corrected chi connectivity index (χ1v) is 11.0. The third-order valence-corrected chi connectivity index (χ3v) is 6.76. The molecule has 2 heterocycles. The molecule has 0 N–H and O–H groups in total. The fraction of sp³-hybridized carbons (Fsp3) is 0.423. The molecule has 2 aromatic rings. The van der Waals surface area contributed by atoms with Gasteiger partial charge in [-0.1, -0.05) is 42.5 Å². The van der Waals surface area contributed by atoms with Crippen molar-refractivity contribution in [3.05, 3.63) is 83.1 Å². The molecule has 0 aromatic heterocycles. The molecule has 2 aromatic carbocycles. The Morgan fingerprint density at radius 2 is 1.56 bits per heavy atom. The Labute approximate surface area is 199 Å². The summed E-state index contributed by atoms with van der Waals surface area (Å²) in [6.45, 7) is 7.42. The molecule has 0 radical (unpaired) electrons. The zero-order chi connectivity index (χ0) is 22.1. The molecule has 2 aliphatic rings. The van der Waals surface area contributed by atoms with Gasteiger partial charge >= 0.3 is 6.18 Å². The monoisotopic (exact) mass is 506 g/mol. The Morgan fingerprint density at radius 1 is 0.938 bits per heavy atom. The van der Waals surface area contributed by atoms with Gasteiger partial charge in [-0.2, -0.15) is 13.2 Å². The number of halogens is 4. The van der Waals surface area contributed by atoms with E-state index in [-0.39, 0.29) is 28.4 Å². The van der Waals surface area contributed by atoms with Gasteiger partial charge in [0.15, 0.2) is 18.3 Å². The highest BCUT2D eigenvalue weighted by molar-refractivity contribution is 5.69. The molecule has 1 saturated heterocycles. The molecule has 1 fully saturated rings. The van der Waals surface area contributed by atoms with Crippen LogP contribution in [-0.2, 0) is 19.1 Å². The first-order chi connectivity index (χ1) is 14.7. The third kappa shape index (κ3) is 5.28. The second-order valence-corrected chi connectivity index (χ2v) is 9.15. The molecule has 4 rings (SSSR count). The van der Waals surface area contributed by atoms with E-state index in [1.165, 1.54) is 36.2 Å². The van der Waals surface area contributed by atoms with E-state index in [0.717, 1.165) is 25.2 Å². The van der Waals surface area contributed by atoms with Crippen LogP contribution in [0.1, 0.15) is 43.4 Å². The molecule has 0 amide bonds. The predicted molar refractivity (Wildman–Crippen MR) is 118 cm³/mol. The normalized spacial score (nSPS) is 20.4. The molecular weight excluding hydrogens is 477 g/mol. The van der Waals surface area contributed by atoms with E-state index in [4.69, 9.17) is 0 Å². The van der Waals surface area contributed by atoms with Gasteiger partial charge in [0.1, 0.15) is 0 Å². The number of hydrogen-bond acceptors (Lipinski definition) is 1. The summed E-state index contributed by atoms with van der Waals surface area (Å²) in [6, 6.07) is 16.1. The SMILES string of the molecule is CC1(C)C(Cc2ccc(C(F)(F)F)cc2)C(N2CCCC2)=CC=[N+]1Cc1ccccc1.[Br-]. The number of allylic oxidation sites excluding steroid dienone is 1. The number of hydrogen-bond donors (Lipinski definition) is 0. The van der Waals surface area contributed by atoms with E-state index in [9.17, 15) is 13.2 Å². The molecule has 2 aliphatic heterocycles. The quantitative estimate of drug-likeness (QED) is 0.565. The minimum absolute atomic E-state index is 0. The van der Waals surface area contributed by atoms with E-state index >= 15 is 0 Å². The number of benzene rings is 2. The van der Waals surface area contributed by atoms with Crippen LogP contribution in [0.15, 0.2) is 66.4 Å². The van der Waals surface area contributed by atoms with Crippen molar-refractivity contribution >= 4 is 6.21 Å². The Hall–Kier alpha value is -2.08. The van der Waals surface area contributed by atoms with Crippen molar-refractivity contribution in [2.24, 2.45) is 5.92 Å². The Morgan fingerprint density at radius 3 is 2.16 bits per heavy atom. The van der Waals surface area contributed by atoms with Crippen LogP contribution in [0.4, 0.5) is 13.2 Å². The van der Waals surface area contributed by atoms with Gasteiger partial charge < -0.3 is 21.9 Å². The summed E-state index contributed by atoms with van der Waals surface area (Å²) in [5, 5.41) is 0. The first kappa shape index (κ1) is 24.6.